The second kappa shape index (κ2) is 7.15. The molecule has 0 spiro atoms. The van der Waals surface area contributed by atoms with E-state index in [-0.39, 0.29) is 17.6 Å². The summed E-state index contributed by atoms with van der Waals surface area (Å²) in [6, 6.07) is 5.62. The third-order valence-corrected chi connectivity index (χ3v) is 3.82. The van der Waals surface area contributed by atoms with Gasteiger partial charge >= 0.3 is 6.61 Å². The first-order valence-electron chi connectivity index (χ1n) is 7.82. The molecule has 2 amide bonds. The molecule has 7 heteroatoms. The van der Waals surface area contributed by atoms with Crippen LogP contribution in [-0.4, -0.2) is 54.4 Å². The van der Waals surface area contributed by atoms with E-state index in [1.54, 1.807) is 9.80 Å². The lowest BCUT2D eigenvalue weighted by Gasteiger charge is -2.37. The number of nitrogens with zero attached hydrogens (tertiary/aromatic N) is 2. The molecule has 1 aliphatic rings. The summed E-state index contributed by atoms with van der Waals surface area (Å²) in [5.41, 5.74) is -0.0283. The smallest absolute Gasteiger partial charge is 0.387 e. The summed E-state index contributed by atoms with van der Waals surface area (Å²) in [6.45, 7) is 4.62. The molecule has 24 heavy (non-hydrogen) atoms. The van der Waals surface area contributed by atoms with Crippen LogP contribution in [-0.2, 0) is 4.79 Å². The van der Waals surface area contributed by atoms with E-state index in [4.69, 9.17) is 0 Å². The van der Waals surface area contributed by atoms with Crippen LogP contribution < -0.4 is 4.74 Å². The summed E-state index contributed by atoms with van der Waals surface area (Å²) in [6.07, 6.45) is 0. The molecule has 0 atom stereocenters. The van der Waals surface area contributed by atoms with Crippen molar-refractivity contribution in [3.8, 4) is 5.75 Å². The van der Waals surface area contributed by atoms with Gasteiger partial charge in [0.05, 0.1) is 0 Å². The first-order chi connectivity index (χ1) is 11.2. The van der Waals surface area contributed by atoms with Gasteiger partial charge in [-0.15, -0.1) is 0 Å². The van der Waals surface area contributed by atoms with Crippen molar-refractivity contribution in [1.29, 1.82) is 0 Å². The number of benzene rings is 1. The number of halogens is 2. The van der Waals surface area contributed by atoms with Crippen LogP contribution in [0.5, 0.6) is 5.75 Å². The quantitative estimate of drug-likeness (QED) is 0.850. The Morgan fingerprint density at radius 2 is 1.50 bits per heavy atom. The maximum absolute atomic E-state index is 12.4. The number of alkyl halides is 2. The standard InChI is InChI=1S/C17H22F2N2O3/c1-17(2,3)15(23)21-10-8-20(9-11-21)14(22)12-4-6-13(7-5-12)24-16(18)19/h4-7,16H,8-11H2,1-3H3. The highest BCUT2D eigenvalue weighted by molar-refractivity contribution is 5.94. The molecule has 5 nitrogen and oxygen atoms in total. The molecule has 1 fully saturated rings. The van der Waals surface area contributed by atoms with Gasteiger partial charge in [-0.05, 0) is 24.3 Å². The third-order valence-electron chi connectivity index (χ3n) is 3.82. The molecule has 1 saturated heterocycles. The van der Waals surface area contributed by atoms with E-state index >= 15 is 0 Å². The number of piperazine rings is 1. The summed E-state index contributed by atoms with van der Waals surface area (Å²) >= 11 is 0. The Morgan fingerprint density at radius 1 is 1.00 bits per heavy atom. The van der Waals surface area contributed by atoms with Crippen LogP contribution in [0.1, 0.15) is 31.1 Å². The Balaban J connectivity index is 1.94. The summed E-state index contributed by atoms with van der Waals surface area (Å²) in [4.78, 5) is 28.1. The summed E-state index contributed by atoms with van der Waals surface area (Å²) in [5, 5.41) is 0. The Kier molecular flexibility index (Phi) is 5.41. The van der Waals surface area contributed by atoms with Crippen LogP contribution >= 0.6 is 0 Å². The van der Waals surface area contributed by atoms with Gasteiger partial charge in [-0.1, -0.05) is 20.8 Å². The number of ether oxygens (including phenoxy) is 1. The predicted molar refractivity (Wildman–Crippen MR) is 85.0 cm³/mol. The van der Waals surface area contributed by atoms with Crippen molar-refractivity contribution < 1.29 is 23.1 Å². The average molecular weight is 340 g/mol. The minimum Gasteiger partial charge on any atom is -0.435 e. The Hall–Kier alpha value is -2.18. The first-order valence-corrected chi connectivity index (χ1v) is 7.82. The van der Waals surface area contributed by atoms with E-state index in [2.05, 4.69) is 4.74 Å². The maximum atomic E-state index is 12.4. The average Bonchev–Trinajstić information content (AvgIpc) is 2.53. The number of hydrogen-bond acceptors (Lipinski definition) is 3. The molecular weight excluding hydrogens is 318 g/mol. The normalized spacial score (nSPS) is 15.6. The van der Waals surface area contributed by atoms with Gasteiger partial charge in [-0.2, -0.15) is 8.78 Å². The zero-order valence-electron chi connectivity index (χ0n) is 14.1. The Bertz CT molecular complexity index is 589. The molecule has 0 aliphatic carbocycles. The summed E-state index contributed by atoms with van der Waals surface area (Å²) in [7, 11) is 0. The third kappa shape index (κ3) is 4.43. The van der Waals surface area contributed by atoms with E-state index in [0.29, 0.717) is 31.7 Å². The molecule has 0 bridgehead atoms. The second-order valence-corrected chi connectivity index (χ2v) is 6.74. The van der Waals surface area contributed by atoms with Crippen molar-refractivity contribution in [2.45, 2.75) is 27.4 Å². The van der Waals surface area contributed by atoms with Crippen molar-refractivity contribution >= 4 is 11.8 Å². The zero-order valence-corrected chi connectivity index (χ0v) is 14.1. The van der Waals surface area contributed by atoms with E-state index < -0.39 is 12.0 Å². The molecule has 1 heterocycles. The van der Waals surface area contributed by atoms with Gasteiger partial charge in [-0.3, -0.25) is 9.59 Å². The van der Waals surface area contributed by atoms with E-state index in [9.17, 15) is 18.4 Å². The van der Waals surface area contributed by atoms with E-state index in [1.165, 1.54) is 24.3 Å². The van der Waals surface area contributed by atoms with Crippen LogP contribution in [0.3, 0.4) is 0 Å². The molecule has 2 rings (SSSR count). The van der Waals surface area contributed by atoms with Crippen LogP contribution in [0.2, 0.25) is 0 Å². The highest BCUT2D eigenvalue weighted by Crippen LogP contribution is 2.20. The Morgan fingerprint density at radius 3 is 1.96 bits per heavy atom. The summed E-state index contributed by atoms with van der Waals surface area (Å²) < 4.78 is 28.5. The summed E-state index contributed by atoms with van der Waals surface area (Å²) in [5.74, 6) is -0.0910. The van der Waals surface area contributed by atoms with Crippen LogP contribution in [0.15, 0.2) is 24.3 Å². The molecule has 0 aromatic heterocycles. The van der Waals surface area contributed by atoms with Gasteiger partial charge in [0.1, 0.15) is 5.75 Å². The lowest BCUT2D eigenvalue weighted by Crippen LogP contribution is -2.53. The zero-order chi connectivity index (χ0) is 17.9. The van der Waals surface area contributed by atoms with Gasteiger partial charge < -0.3 is 14.5 Å². The fourth-order valence-corrected chi connectivity index (χ4v) is 2.55. The van der Waals surface area contributed by atoms with E-state index in [0.717, 1.165) is 0 Å². The first kappa shape index (κ1) is 18.2. The number of carbonyl (C=O) groups is 2. The second-order valence-electron chi connectivity index (χ2n) is 6.74. The highest BCUT2D eigenvalue weighted by atomic mass is 19.3. The fraction of sp³-hybridized carbons (Fsp3) is 0.529. The minimum absolute atomic E-state index is 0.0159. The lowest BCUT2D eigenvalue weighted by molar-refractivity contribution is -0.140. The maximum Gasteiger partial charge on any atom is 0.387 e. The van der Waals surface area contributed by atoms with Gasteiger partial charge in [0.25, 0.3) is 5.91 Å². The molecule has 1 aromatic rings. The Labute approximate surface area is 140 Å². The van der Waals surface area contributed by atoms with Crippen molar-refractivity contribution in [3.63, 3.8) is 0 Å². The number of carbonyl (C=O) groups excluding carboxylic acids is 2. The number of hydrogen-bond donors (Lipinski definition) is 0. The van der Waals surface area contributed by atoms with Gasteiger partial charge in [0, 0.05) is 37.2 Å². The SMILES string of the molecule is CC(C)(C)C(=O)N1CCN(C(=O)c2ccc(OC(F)F)cc2)CC1. The molecule has 0 unspecified atom stereocenters. The monoisotopic (exact) mass is 340 g/mol. The van der Waals surface area contributed by atoms with Crippen LogP contribution in [0.4, 0.5) is 8.78 Å². The highest BCUT2D eigenvalue weighted by Gasteiger charge is 2.31. The van der Waals surface area contributed by atoms with Crippen LogP contribution in [0.25, 0.3) is 0 Å². The molecular formula is C17H22F2N2O3. The predicted octanol–water partition coefficient (Wildman–Crippen LogP) is 2.62. The molecule has 1 aliphatic heterocycles. The molecule has 0 radical (unpaired) electrons. The molecule has 0 saturated carbocycles. The van der Waals surface area contributed by atoms with E-state index in [1.807, 2.05) is 20.8 Å². The molecule has 132 valence electrons. The van der Waals surface area contributed by atoms with Crippen molar-refractivity contribution in [3.05, 3.63) is 29.8 Å². The van der Waals surface area contributed by atoms with Gasteiger partial charge in [-0.25, -0.2) is 0 Å². The number of rotatable bonds is 3. The van der Waals surface area contributed by atoms with Gasteiger partial charge in [0.2, 0.25) is 5.91 Å². The molecule has 0 N–H and O–H groups in total. The van der Waals surface area contributed by atoms with Crippen molar-refractivity contribution in [2.75, 3.05) is 26.2 Å². The lowest BCUT2D eigenvalue weighted by atomic mass is 9.94. The topological polar surface area (TPSA) is 49.9 Å². The number of amides is 2. The minimum atomic E-state index is -2.89. The van der Waals surface area contributed by atoms with Crippen molar-refractivity contribution in [2.24, 2.45) is 5.41 Å². The van der Waals surface area contributed by atoms with Crippen LogP contribution in [0, 0.1) is 5.41 Å². The van der Waals surface area contributed by atoms with Gasteiger partial charge in [0.15, 0.2) is 0 Å². The molecule has 1 aromatic carbocycles. The van der Waals surface area contributed by atoms with Crippen molar-refractivity contribution in [1.82, 2.24) is 9.80 Å². The fourth-order valence-electron chi connectivity index (χ4n) is 2.55. The largest absolute Gasteiger partial charge is 0.435 e.